The van der Waals surface area contributed by atoms with Crippen LogP contribution < -0.4 is 0 Å². The number of carbonyl (C=O) groups is 1. The van der Waals surface area contributed by atoms with Crippen LogP contribution in [-0.2, 0) is 14.3 Å². The van der Waals surface area contributed by atoms with Gasteiger partial charge in [0, 0.05) is 19.7 Å². The van der Waals surface area contributed by atoms with Crippen LogP contribution in [0.15, 0.2) is 30.3 Å². The lowest BCUT2D eigenvalue weighted by atomic mass is 9.81. The van der Waals surface area contributed by atoms with Crippen LogP contribution in [0, 0.1) is 5.92 Å². The van der Waals surface area contributed by atoms with E-state index < -0.39 is 0 Å². The summed E-state index contributed by atoms with van der Waals surface area (Å²) in [6.07, 6.45) is 3.37. The minimum absolute atomic E-state index is 0.112. The Labute approximate surface area is 138 Å². The maximum Gasteiger partial charge on any atom is 0.248 e. The van der Waals surface area contributed by atoms with Gasteiger partial charge in [-0.1, -0.05) is 37.3 Å². The quantitative estimate of drug-likeness (QED) is 0.838. The maximum atomic E-state index is 12.3. The van der Waals surface area contributed by atoms with Crippen LogP contribution in [0.1, 0.15) is 37.7 Å². The summed E-state index contributed by atoms with van der Waals surface area (Å²) in [4.78, 5) is 14.3. The molecule has 0 N–H and O–H groups in total. The first kappa shape index (κ1) is 16.5. The third-order valence-corrected chi connectivity index (χ3v) is 5.04. The largest absolute Gasteiger partial charge is 0.376 e. The Morgan fingerprint density at radius 2 is 2.13 bits per heavy atom. The summed E-state index contributed by atoms with van der Waals surface area (Å²) in [5, 5.41) is 0. The molecule has 0 aliphatic carbocycles. The molecule has 0 radical (unpaired) electrons. The number of piperidine rings is 1. The van der Waals surface area contributed by atoms with Crippen LogP contribution in [0.3, 0.4) is 0 Å². The Bertz CT molecular complexity index is 499. The highest BCUT2D eigenvalue weighted by molar-refractivity contribution is 5.77. The van der Waals surface area contributed by atoms with Gasteiger partial charge < -0.3 is 14.4 Å². The zero-order chi connectivity index (χ0) is 16.1. The number of nitrogens with zero attached hydrogens (tertiary/aromatic N) is 1. The van der Waals surface area contributed by atoms with E-state index in [2.05, 4.69) is 37.3 Å². The molecule has 1 aromatic carbocycles. The van der Waals surface area contributed by atoms with Gasteiger partial charge in [-0.15, -0.1) is 0 Å². The number of hydrogen-bond donors (Lipinski definition) is 0. The second-order valence-corrected chi connectivity index (χ2v) is 6.77. The normalized spacial score (nSPS) is 28.0. The number of likely N-dealkylation sites (tertiary alicyclic amines) is 1. The fourth-order valence-electron chi connectivity index (χ4n) is 3.71. The van der Waals surface area contributed by atoms with E-state index in [9.17, 15) is 4.79 Å². The molecule has 2 fully saturated rings. The minimum Gasteiger partial charge on any atom is -0.376 e. The van der Waals surface area contributed by atoms with E-state index in [1.54, 1.807) is 0 Å². The van der Waals surface area contributed by atoms with Crippen molar-refractivity contribution in [1.82, 2.24) is 4.90 Å². The van der Waals surface area contributed by atoms with Gasteiger partial charge in [-0.3, -0.25) is 4.79 Å². The van der Waals surface area contributed by atoms with Crippen molar-refractivity contribution in [3.05, 3.63) is 35.9 Å². The Morgan fingerprint density at radius 1 is 1.30 bits per heavy atom. The van der Waals surface area contributed by atoms with Crippen LogP contribution in [0.4, 0.5) is 0 Å². The van der Waals surface area contributed by atoms with E-state index in [0.717, 1.165) is 39.0 Å². The van der Waals surface area contributed by atoms with Gasteiger partial charge in [0.15, 0.2) is 0 Å². The van der Waals surface area contributed by atoms with Crippen LogP contribution in [0.25, 0.3) is 0 Å². The number of amides is 1. The van der Waals surface area contributed by atoms with Crippen molar-refractivity contribution in [2.24, 2.45) is 5.92 Å². The van der Waals surface area contributed by atoms with E-state index in [1.807, 2.05) is 4.90 Å². The van der Waals surface area contributed by atoms with Gasteiger partial charge in [-0.2, -0.15) is 0 Å². The molecule has 0 spiro atoms. The molecule has 4 heteroatoms. The molecule has 0 unspecified atom stereocenters. The van der Waals surface area contributed by atoms with Crippen LogP contribution >= 0.6 is 0 Å². The van der Waals surface area contributed by atoms with Crippen LogP contribution in [0.2, 0.25) is 0 Å². The highest BCUT2D eigenvalue weighted by Gasteiger charge is 2.29. The molecule has 0 saturated carbocycles. The molecule has 2 heterocycles. The molecular weight excluding hydrogens is 290 g/mol. The molecule has 1 amide bonds. The molecule has 0 bridgehead atoms. The zero-order valence-electron chi connectivity index (χ0n) is 13.9. The van der Waals surface area contributed by atoms with Crippen molar-refractivity contribution in [1.29, 1.82) is 0 Å². The lowest BCUT2D eigenvalue weighted by Gasteiger charge is -2.37. The van der Waals surface area contributed by atoms with E-state index in [-0.39, 0.29) is 18.6 Å². The zero-order valence-corrected chi connectivity index (χ0v) is 13.9. The summed E-state index contributed by atoms with van der Waals surface area (Å²) in [5.74, 6) is 1.14. The number of hydrogen-bond acceptors (Lipinski definition) is 3. The number of rotatable bonds is 5. The van der Waals surface area contributed by atoms with Crippen molar-refractivity contribution in [2.75, 3.05) is 32.9 Å². The van der Waals surface area contributed by atoms with Gasteiger partial charge in [0.25, 0.3) is 0 Å². The first-order valence-electron chi connectivity index (χ1n) is 8.76. The lowest BCUT2D eigenvalue weighted by Crippen LogP contribution is -2.44. The summed E-state index contributed by atoms with van der Waals surface area (Å²) in [5.41, 5.74) is 1.39. The van der Waals surface area contributed by atoms with Gasteiger partial charge in [0.1, 0.15) is 6.61 Å². The first-order chi connectivity index (χ1) is 11.2. The van der Waals surface area contributed by atoms with Crippen molar-refractivity contribution < 1.29 is 14.3 Å². The maximum absolute atomic E-state index is 12.3. The number of benzene rings is 1. The molecule has 23 heavy (non-hydrogen) atoms. The van der Waals surface area contributed by atoms with E-state index in [0.29, 0.717) is 18.4 Å². The van der Waals surface area contributed by atoms with Crippen LogP contribution in [-0.4, -0.2) is 49.8 Å². The predicted molar refractivity (Wildman–Crippen MR) is 89.3 cm³/mol. The highest BCUT2D eigenvalue weighted by Crippen LogP contribution is 2.32. The van der Waals surface area contributed by atoms with E-state index in [4.69, 9.17) is 9.47 Å². The molecule has 2 aliphatic rings. The van der Waals surface area contributed by atoms with E-state index in [1.165, 1.54) is 5.56 Å². The van der Waals surface area contributed by atoms with Gasteiger partial charge in [0.05, 0.1) is 12.7 Å². The second-order valence-electron chi connectivity index (χ2n) is 6.77. The van der Waals surface area contributed by atoms with Crippen LogP contribution in [0.5, 0.6) is 0 Å². The first-order valence-corrected chi connectivity index (χ1v) is 8.76. The molecular formula is C19H27NO3. The Balaban J connectivity index is 1.44. The summed E-state index contributed by atoms with van der Waals surface area (Å²) >= 11 is 0. The summed E-state index contributed by atoms with van der Waals surface area (Å²) in [7, 11) is 0. The lowest BCUT2D eigenvalue weighted by molar-refractivity contribution is -0.139. The Hall–Kier alpha value is -1.39. The fraction of sp³-hybridized carbons (Fsp3) is 0.632. The molecule has 2 saturated heterocycles. The van der Waals surface area contributed by atoms with Crippen molar-refractivity contribution in [3.8, 4) is 0 Å². The molecule has 1 aromatic rings. The Morgan fingerprint density at radius 3 is 2.83 bits per heavy atom. The number of carbonyl (C=O) groups excluding carboxylic acids is 1. The Kier molecular flexibility index (Phi) is 5.68. The third kappa shape index (κ3) is 4.33. The molecule has 4 nitrogen and oxygen atoms in total. The number of ether oxygens (including phenoxy) is 2. The fourth-order valence-corrected chi connectivity index (χ4v) is 3.71. The highest BCUT2D eigenvalue weighted by atomic mass is 16.5. The smallest absolute Gasteiger partial charge is 0.248 e. The standard InChI is InChI=1S/C19H27NO3/c1-15-12-20(10-9-18(15)16-6-3-2-4-7-16)19(21)14-22-13-17-8-5-11-23-17/h2-4,6-7,15,17-18H,5,8-14H2,1H3/t15-,17+,18-/m1/s1. The SMILES string of the molecule is C[C@@H]1CN(C(=O)COC[C@@H]2CCCO2)CC[C@H]1c1ccccc1. The topological polar surface area (TPSA) is 38.8 Å². The van der Waals surface area contributed by atoms with Crippen molar-refractivity contribution >= 4 is 5.91 Å². The van der Waals surface area contributed by atoms with Gasteiger partial charge in [-0.25, -0.2) is 0 Å². The third-order valence-electron chi connectivity index (χ3n) is 5.04. The molecule has 3 rings (SSSR count). The van der Waals surface area contributed by atoms with Crippen molar-refractivity contribution in [2.45, 2.75) is 38.2 Å². The molecule has 126 valence electrons. The van der Waals surface area contributed by atoms with Crippen molar-refractivity contribution in [3.63, 3.8) is 0 Å². The summed E-state index contributed by atoms with van der Waals surface area (Å²) < 4.78 is 11.1. The van der Waals surface area contributed by atoms with E-state index >= 15 is 0 Å². The molecule has 3 atom stereocenters. The molecule has 0 aromatic heterocycles. The monoisotopic (exact) mass is 317 g/mol. The van der Waals surface area contributed by atoms with Gasteiger partial charge in [-0.05, 0) is 36.7 Å². The average Bonchev–Trinajstić information content (AvgIpc) is 3.09. The summed E-state index contributed by atoms with van der Waals surface area (Å²) in [6, 6.07) is 10.6. The second kappa shape index (κ2) is 7.93. The average molecular weight is 317 g/mol. The molecule has 2 aliphatic heterocycles. The van der Waals surface area contributed by atoms with Gasteiger partial charge >= 0.3 is 0 Å². The minimum atomic E-state index is 0.112. The summed E-state index contributed by atoms with van der Waals surface area (Å²) in [6.45, 7) is 5.44. The predicted octanol–water partition coefficient (Wildman–Crippen LogP) is 2.83. The van der Waals surface area contributed by atoms with Gasteiger partial charge in [0.2, 0.25) is 5.91 Å².